The van der Waals surface area contributed by atoms with Gasteiger partial charge in [0, 0.05) is 30.5 Å². The lowest BCUT2D eigenvalue weighted by atomic mass is 10.2. The molecule has 1 unspecified atom stereocenters. The van der Waals surface area contributed by atoms with E-state index in [-0.39, 0.29) is 0 Å². The number of hydrogen-bond acceptors (Lipinski definition) is 3. The summed E-state index contributed by atoms with van der Waals surface area (Å²) in [5, 5.41) is 12.4. The summed E-state index contributed by atoms with van der Waals surface area (Å²) >= 11 is 0. The summed E-state index contributed by atoms with van der Waals surface area (Å²) < 4.78 is 4.16. The van der Waals surface area contributed by atoms with Crippen LogP contribution in [0.25, 0.3) is 0 Å². The quantitative estimate of drug-likeness (QED) is 0.846. The van der Waals surface area contributed by atoms with E-state index in [1.54, 1.807) is 0 Å². The fourth-order valence-electron chi connectivity index (χ4n) is 2.36. The molecule has 2 heterocycles. The first-order valence-corrected chi connectivity index (χ1v) is 7.82. The predicted molar refractivity (Wildman–Crippen MR) is 86.4 cm³/mol. The largest absolute Gasteiger partial charge is 0.363 e. The maximum Gasteiger partial charge on any atom is 0.148 e. The normalized spacial score (nSPS) is 12.9. The van der Waals surface area contributed by atoms with E-state index in [9.17, 15) is 0 Å². The van der Waals surface area contributed by atoms with Crippen molar-refractivity contribution in [3.8, 4) is 0 Å². The van der Waals surface area contributed by atoms with Gasteiger partial charge in [-0.2, -0.15) is 10.2 Å². The van der Waals surface area contributed by atoms with Crippen LogP contribution in [0.2, 0.25) is 0 Å². The maximum absolute atomic E-state index is 4.62. The molecule has 1 N–H and O–H groups in total. The molecule has 0 fully saturated rings. The van der Waals surface area contributed by atoms with E-state index < -0.39 is 0 Å². The van der Waals surface area contributed by atoms with Crippen molar-refractivity contribution >= 4 is 5.82 Å². The van der Waals surface area contributed by atoms with Crippen molar-refractivity contribution in [2.75, 3.05) is 5.32 Å². The lowest BCUT2D eigenvalue weighted by Crippen LogP contribution is -2.13. The van der Waals surface area contributed by atoms with Crippen LogP contribution in [-0.2, 0) is 13.1 Å². The van der Waals surface area contributed by atoms with Gasteiger partial charge in [-0.25, -0.2) is 0 Å². The Hall–Kier alpha value is -1.78. The van der Waals surface area contributed by atoms with E-state index in [2.05, 4.69) is 71.6 Å². The number of aromatic nitrogens is 4. The van der Waals surface area contributed by atoms with Gasteiger partial charge in [-0.1, -0.05) is 20.8 Å². The number of aryl methyl sites for hydroxylation is 1. The summed E-state index contributed by atoms with van der Waals surface area (Å²) in [4.78, 5) is 0. The van der Waals surface area contributed by atoms with E-state index >= 15 is 0 Å². The SMILES string of the molecule is CCC(C)n1nccc1CNc1cc(C)n(CC(C)C)n1. The van der Waals surface area contributed by atoms with E-state index in [4.69, 9.17) is 0 Å². The molecule has 5 nitrogen and oxygen atoms in total. The second kappa shape index (κ2) is 6.78. The number of nitrogens with zero attached hydrogens (tertiary/aromatic N) is 4. The molecule has 0 bridgehead atoms. The molecule has 0 aliphatic heterocycles. The number of hydrogen-bond donors (Lipinski definition) is 1. The Kier molecular flexibility index (Phi) is 5.04. The van der Waals surface area contributed by atoms with Crippen molar-refractivity contribution in [3.05, 3.63) is 29.7 Å². The first kappa shape index (κ1) is 15.6. The Labute approximate surface area is 127 Å². The minimum atomic E-state index is 0.428. The standard InChI is InChI=1S/C16H27N5/c1-6-13(4)21-15(7-8-18-21)10-17-16-9-14(5)20(19-16)11-12(2)3/h7-9,12-13H,6,10-11H2,1-5H3,(H,17,19). The molecule has 1 atom stereocenters. The molecule has 0 radical (unpaired) electrons. The third-order valence-electron chi connectivity index (χ3n) is 3.73. The average molecular weight is 289 g/mol. The van der Waals surface area contributed by atoms with E-state index in [1.807, 2.05) is 6.20 Å². The smallest absolute Gasteiger partial charge is 0.148 e. The Balaban J connectivity index is 2.02. The van der Waals surface area contributed by atoms with Crippen LogP contribution in [0.1, 0.15) is 51.5 Å². The monoisotopic (exact) mass is 289 g/mol. The molecule has 2 aromatic rings. The lowest BCUT2D eigenvalue weighted by Gasteiger charge is -2.14. The second-order valence-electron chi connectivity index (χ2n) is 6.12. The zero-order valence-corrected chi connectivity index (χ0v) is 13.8. The van der Waals surface area contributed by atoms with Gasteiger partial charge in [0.15, 0.2) is 0 Å². The number of nitrogens with one attached hydrogen (secondary N) is 1. The first-order chi connectivity index (χ1) is 10.0. The van der Waals surface area contributed by atoms with Gasteiger partial charge in [0.2, 0.25) is 0 Å². The van der Waals surface area contributed by atoms with Crippen LogP contribution < -0.4 is 5.32 Å². The predicted octanol–water partition coefficient (Wildman–Crippen LogP) is 3.63. The molecular formula is C16H27N5. The highest BCUT2D eigenvalue weighted by atomic mass is 15.3. The van der Waals surface area contributed by atoms with E-state index in [0.29, 0.717) is 12.0 Å². The summed E-state index contributed by atoms with van der Waals surface area (Å²) in [7, 11) is 0. The summed E-state index contributed by atoms with van der Waals surface area (Å²) in [6.45, 7) is 12.6. The molecule has 0 aliphatic carbocycles. The van der Waals surface area contributed by atoms with Gasteiger partial charge in [0.05, 0.1) is 12.2 Å². The van der Waals surface area contributed by atoms with Gasteiger partial charge >= 0.3 is 0 Å². The van der Waals surface area contributed by atoms with Crippen molar-refractivity contribution in [2.24, 2.45) is 5.92 Å². The van der Waals surface area contributed by atoms with Gasteiger partial charge < -0.3 is 5.32 Å². The molecule has 0 aromatic carbocycles. The van der Waals surface area contributed by atoms with E-state index in [1.165, 1.54) is 11.4 Å². The third kappa shape index (κ3) is 3.86. The highest BCUT2D eigenvalue weighted by Crippen LogP contribution is 2.15. The van der Waals surface area contributed by atoms with Crippen molar-refractivity contribution in [3.63, 3.8) is 0 Å². The van der Waals surface area contributed by atoms with Crippen LogP contribution in [0.4, 0.5) is 5.82 Å². The molecule has 5 heteroatoms. The van der Waals surface area contributed by atoms with Gasteiger partial charge in [-0.05, 0) is 32.3 Å². The van der Waals surface area contributed by atoms with Gasteiger partial charge in [-0.15, -0.1) is 0 Å². The van der Waals surface area contributed by atoms with Crippen molar-refractivity contribution in [1.29, 1.82) is 0 Å². The number of anilines is 1. The average Bonchev–Trinajstić information content (AvgIpc) is 3.02. The summed E-state index contributed by atoms with van der Waals surface area (Å²) in [5.74, 6) is 1.54. The van der Waals surface area contributed by atoms with Crippen LogP contribution in [0.5, 0.6) is 0 Å². The topological polar surface area (TPSA) is 47.7 Å². The Bertz CT molecular complexity index is 567. The molecule has 21 heavy (non-hydrogen) atoms. The van der Waals surface area contributed by atoms with Crippen LogP contribution >= 0.6 is 0 Å². The molecule has 0 saturated heterocycles. The Morgan fingerprint density at radius 1 is 1.29 bits per heavy atom. The zero-order chi connectivity index (χ0) is 15.4. The summed E-state index contributed by atoms with van der Waals surface area (Å²) in [6.07, 6.45) is 2.95. The summed E-state index contributed by atoms with van der Waals surface area (Å²) in [6, 6.07) is 4.60. The molecular weight excluding hydrogens is 262 g/mol. The second-order valence-corrected chi connectivity index (χ2v) is 6.12. The third-order valence-corrected chi connectivity index (χ3v) is 3.73. The van der Waals surface area contributed by atoms with Crippen LogP contribution in [0, 0.1) is 12.8 Å². The molecule has 0 amide bonds. The molecule has 0 spiro atoms. The van der Waals surface area contributed by atoms with Crippen LogP contribution in [-0.4, -0.2) is 19.6 Å². The molecule has 116 valence electrons. The summed E-state index contributed by atoms with van der Waals surface area (Å²) in [5.41, 5.74) is 2.39. The minimum absolute atomic E-state index is 0.428. The van der Waals surface area contributed by atoms with Crippen molar-refractivity contribution < 1.29 is 0 Å². The Morgan fingerprint density at radius 3 is 2.71 bits per heavy atom. The van der Waals surface area contributed by atoms with Gasteiger partial charge in [-0.3, -0.25) is 9.36 Å². The highest BCUT2D eigenvalue weighted by Gasteiger charge is 2.10. The molecule has 2 aromatic heterocycles. The van der Waals surface area contributed by atoms with Crippen molar-refractivity contribution in [2.45, 2.75) is 60.2 Å². The first-order valence-electron chi connectivity index (χ1n) is 7.82. The molecule has 2 rings (SSSR count). The molecule has 0 aliphatic rings. The minimum Gasteiger partial charge on any atom is -0.363 e. The number of rotatable bonds is 7. The highest BCUT2D eigenvalue weighted by molar-refractivity contribution is 5.36. The fraction of sp³-hybridized carbons (Fsp3) is 0.625. The van der Waals surface area contributed by atoms with Gasteiger partial charge in [0.25, 0.3) is 0 Å². The fourth-order valence-corrected chi connectivity index (χ4v) is 2.36. The van der Waals surface area contributed by atoms with Gasteiger partial charge in [0.1, 0.15) is 5.82 Å². The lowest BCUT2D eigenvalue weighted by molar-refractivity contribution is 0.462. The maximum atomic E-state index is 4.62. The van der Waals surface area contributed by atoms with Crippen molar-refractivity contribution in [1.82, 2.24) is 19.6 Å². The molecule has 0 saturated carbocycles. The van der Waals surface area contributed by atoms with Crippen LogP contribution in [0.15, 0.2) is 18.3 Å². The van der Waals surface area contributed by atoms with E-state index in [0.717, 1.165) is 25.3 Å². The Morgan fingerprint density at radius 2 is 2.05 bits per heavy atom. The zero-order valence-electron chi connectivity index (χ0n) is 13.8. The van der Waals surface area contributed by atoms with Crippen LogP contribution in [0.3, 0.4) is 0 Å².